The van der Waals surface area contributed by atoms with E-state index in [0.29, 0.717) is 30.9 Å². The minimum Gasteiger partial charge on any atom is -0.484 e. The van der Waals surface area contributed by atoms with Crippen LogP contribution in [0.1, 0.15) is 31.0 Å². The summed E-state index contributed by atoms with van der Waals surface area (Å²) in [5.41, 5.74) is 2.43. The minimum atomic E-state index is -0.358. The van der Waals surface area contributed by atoms with Crippen molar-refractivity contribution in [3.8, 4) is 5.75 Å². The summed E-state index contributed by atoms with van der Waals surface area (Å²) >= 11 is 0. The Labute approximate surface area is 163 Å². The molecular formula is C21H24FN3O3. The molecule has 2 aromatic carbocycles. The van der Waals surface area contributed by atoms with Crippen LogP contribution in [0.15, 0.2) is 42.5 Å². The zero-order chi connectivity index (χ0) is 20.1. The van der Waals surface area contributed by atoms with Gasteiger partial charge < -0.3 is 15.4 Å². The average Bonchev–Trinajstić information content (AvgIpc) is 3.10. The minimum absolute atomic E-state index is 0.0613. The molecule has 0 aromatic heterocycles. The zero-order valence-corrected chi connectivity index (χ0v) is 16.0. The van der Waals surface area contributed by atoms with Gasteiger partial charge in [-0.2, -0.15) is 0 Å². The molecule has 1 atom stereocenters. The summed E-state index contributed by atoms with van der Waals surface area (Å²) in [6, 6.07) is 11.2. The molecule has 2 N–H and O–H groups in total. The normalized spacial score (nSPS) is 13.6. The lowest BCUT2D eigenvalue weighted by Crippen LogP contribution is -2.40. The Kier molecular flexibility index (Phi) is 6.13. The number of likely N-dealkylation sites (N-methyl/N-ethyl adjacent to an activating group) is 1. The molecule has 148 valence electrons. The maximum Gasteiger partial charge on any atom is 0.322 e. The molecular weight excluding hydrogens is 361 g/mol. The van der Waals surface area contributed by atoms with Gasteiger partial charge in [-0.05, 0) is 55.7 Å². The molecule has 0 bridgehead atoms. The van der Waals surface area contributed by atoms with E-state index in [-0.39, 0.29) is 30.4 Å². The Morgan fingerprint density at radius 2 is 2.07 bits per heavy atom. The number of carbonyl (C=O) groups is 2. The zero-order valence-electron chi connectivity index (χ0n) is 16.0. The van der Waals surface area contributed by atoms with E-state index < -0.39 is 0 Å². The predicted molar refractivity (Wildman–Crippen MR) is 105 cm³/mol. The van der Waals surface area contributed by atoms with E-state index in [1.807, 2.05) is 26.0 Å². The van der Waals surface area contributed by atoms with Crippen LogP contribution in [0.25, 0.3) is 0 Å². The van der Waals surface area contributed by atoms with Crippen LogP contribution in [0.2, 0.25) is 0 Å². The maximum absolute atomic E-state index is 13.5. The van der Waals surface area contributed by atoms with Crippen LogP contribution in [-0.4, -0.2) is 31.6 Å². The fraction of sp³-hybridized carbons (Fsp3) is 0.333. The number of fused-ring (bicyclic) bond motifs is 1. The van der Waals surface area contributed by atoms with Gasteiger partial charge >= 0.3 is 6.03 Å². The molecule has 0 radical (unpaired) electrons. The monoisotopic (exact) mass is 385 g/mol. The second-order valence-electron chi connectivity index (χ2n) is 6.66. The third-order valence-electron chi connectivity index (χ3n) is 4.63. The number of rotatable bonds is 6. The molecule has 0 saturated carbocycles. The number of hydrogen-bond acceptors (Lipinski definition) is 3. The highest BCUT2D eigenvalue weighted by atomic mass is 19.1. The van der Waals surface area contributed by atoms with Gasteiger partial charge in [0.25, 0.3) is 5.91 Å². The molecule has 1 unspecified atom stereocenters. The summed E-state index contributed by atoms with van der Waals surface area (Å²) in [7, 11) is 0. The van der Waals surface area contributed by atoms with Crippen molar-refractivity contribution in [1.82, 2.24) is 10.6 Å². The molecule has 28 heavy (non-hydrogen) atoms. The van der Waals surface area contributed by atoms with E-state index in [1.54, 1.807) is 23.1 Å². The number of nitrogens with zero attached hydrogens (tertiary/aromatic N) is 1. The first-order valence-corrected chi connectivity index (χ1v) is 9.34. The average molecular weight is 385 g/mol. The molecule has 1 aliphatic heterocycles. The van der Waals surface area contributed by atoms with E-state index in [0.717, 1.165) is 11.1 Å². The van der Waals surface area contributed by atoms with Gasteiger partial charge in [-0.1, -0.05) is 18.2 Å². The molecule has 7 heteroatoms. The first-order valence-electron chi connectivity index (χ1n) is 9.34. The van der Waals surface area contributed by atoms with Gasteiger partial charge in [-0.25, -0.2) is 9.18 Å². The van der Waals surface area contributed by atoms with Crippen LogP contribution >= 0.6 is 0 Å². The van der Waals surface area contributed by atoms with E-state index in [4.69, 9.17) is 4.74 Å². The number of urea groups is 1. The smallest absolute Gasteiger partial charge is 0.322 e. The third-order valence-corrected chi connectivity index (χ3v) is 4.63. The number of anilines is 1. The molecule has 0 spiro atoms. The Morgan fingerprint density at radius 1 is 1.25 bits per heavy atom. The molecule has 0 saturated heterocycles. The molecule has 3 amide bonds. The van der Waals surface area contributed by atoms with Gasteiger partial charge in [-0.3, -0.25) is 9.69 Å². The standard InChI is InChI=1S/C21H24FN3O3/c1-3-23-20(26)13-28-18-6-4-5-16(11-18)14(2)24-21(27)25-10-9-15-7-8-17(22)12-19(15)25/h4-8,11-12,14H,3,9-10,13H2,1-2H3,(H,23,26)(H,24,27). The van der Waals surface area contributed by atoms with Crippen molar-refractivity contribution in [2.45, 2.75) is 26.3 Å². The lowest BCUT2D eigenvalue weighted by molar-refractivity contribution is -0.122. The number of hydrogen-bond donors (Lipinski definition) is 2. The van der Waals surface area contributed by atoms with Crippen molar-refractivity contribution in [2.75, 3.05) is 24.6 Å². The van der Waals surface area contributed by atoms with Crippen LogP contribution in [0.3, 0.4) is 0 Å². The van der Waals surface area contributed by atoms with Crippen molar-refractivity contribution in [1.29, 1.82) is 0 Å². The molecule has 3 rings (SSSR count). The fourth-order valence-electron chi connectivity index (χ4n) is 3.18. The summed E-state index contributed by atoms with van der Waals surface area (Å²) in [5, 5.41) is 5.61. The molecule has 1 aliphatic rings. The van der Waals surface area contributed by atoms with Crippen LogP contribution in [0, 0.1) is 5.82 Å². The lowest BCUT2D eigenvalue weighted by atomic mass is 10.1. The number of benzene rings is 2. The van der Waals surface area contributed by atoms with Crippen molar-refractivity contribution >= 4 is 17.6 Å². The fourth-order valence-corrected chi connectivity index (χ4v) is 3.18. The summed E-state index contributed by atoms with van der Waals surface area (Å²) in [4.78, 5) is 25.8. The lowest BCUT2D eigenvalue weighted by Gasteiger charge is -2.22. The Balaban J connectivity index is 1.63. The van der Waals surface area contributed by atoms with E-state index >= 15 is 0 Å². The van der Waals surface area contributed by atoms with Crippen LogP contribution < -0.4 is 20.3 Å². The Morgan fingerprint density at radius 3 is 2.86 bits per heavy atom. The van der Waals surface area contributed by atoms with Crippen LogP contribution in [0.5, 0.6) is 5.75 Å². The highest BCUT2D eigenvalue weighted by Gasteiger charge is 2.26. The quantitative estimate of drug-likeness (QED) is 0.802. The highest BCUT2D eigenvalue weighted by Crippen LogP contribution is 2.29. The number of halogens is 1. The van der Waals surface area contributed by atoms with Gasteiger partial charge in [0, 0.05) is 13.1 Å². The molecule has 2 aromatic rings. The number of ether oxygens (including phenoxy) is 1. The van der Waals surface area contributed by atoms with Crippen molar-refractivity contribution in [3.63, 3.8) is 0 Å². The van der Waals surface area contributed by atoms with E-state index in [2.05, 4.69) is 10.6 Å². The number of carbonyl (C=O) groups excluding carboxylic acids is 2. The Bertz CT molecular complexity index is 872. The Hall–Kier alpha value is -3.09. The summed E-state index contributed by atoms with van der Waals surface area (Å²) in [6.07, 6.45) is 0.709. The van der Waals surface area contributed by atoms with Crippen molar-refractivity contribution < 1.29 is 18.7 Å². The van der Waals surface area contributed by atoms with Gasteiger partial charge in [0.1, 0.15) is 11.6 Å². The first-order chi connectivity index (χ1) is 13.5. The van der Waals surface area contributed by atoms with Crippen LogP contribution in [0.4, 0.5) is 14.9 Å². The first kappa shape index (κ1) is 19.7. The van der Waals surface area contributed by atoms with Crippen molar-refractivity contribution in [2.24, 2.45) is 0 Å². The second kappa shape index (κ2) is 8.73. The summed E-state index contributed by atoms with van der Waals surface area (Å²) in [6.45, 7) is 4.72. The van der Waals surface area contributed by atoms with E-state index in [9.17, 15) is 14.0 Å². The summed E-state index contributed by atoms with van der Waals surface area (Å²) < 4.78 is 19.0. The molecule has 0 fully saturated rings. The number of amides is 3. The molecule has 6 nitrogen and oxygen atoms in total. The predicted octanol–water partition coefficient (Wildman–Crippen LogP) is 3.17. The van der Waals surface area contributed by atoms with Gasteiger partial charge in [0.05, 0.1) is 11.7 Å². The highest BCUT2D eigenvalue weighted by molar-refractivity contribution is 5.94. The summed E-state index contributed by atoms with van der Waals surface area (Å²) in [5.74, 6) is 0.0103. The van der Waals surface area contributed by atoms with Crippen molar-refractivity contribution in [3.05, 3.63) is 59.4 Å². The van der Waals surface area contributed by atoms with Gasteiger partial charge in [0.2, 0.25) is 0 Å². The topological polar surface area (TPSA) is 70.7 Å². The second-order valence-corrected chi connectivity index (χ2v) is 6.66. The number of nitrogens with one attached hydrogen (secondary N) is 2. The third kappa shape index (κ3) is 4.60. The largest absolute Gasteiger partial charge is 0.484 e. The SMILES string of the molecule is CCNC(=O)COc1cccc(C(C)NC(=O)N2CCc3ccc(F)cc32)c1. The van der Waals surface area contributed by atoms with Crippen LogP contribution in [-0.2, 0) is 11.2 Å². The molecule has 1 heterocycles. The van der Waals surface area contributed by atoms with E-state index in [1.165, 1.54) is 12.1 Å². The van der Waals surface area contributed by atoms with Gasteiger partial charge in [-0.15, -0.1) is 0 Å². The van der Waals surface area contributed by atoms with Gasteiger partial charge in [0.15, 0.2) is 6.61 Å². The maximum atomic E-state index is 13.5. The molecule has 0 aliphatic carbocycles.